The summed E-state index contributed by atoms with van der Waals surface area (Å²) in [5.41, 5.74) is 0. The molecule has 0 aromatic carbocycles. The highest BCUT2D eigenvalue weighted by Crippen LogP contribution is 2.16. The van der Waals surface area contributed by atoms with Gasteiger partial charge in [0.1, 0.15) is 0 Å². The van der Waals surface area contributed by atoms with Gasteiger partial charge in [-0.1, -0.05) is 78.6 Å². The van der Waals surface area contributed by atoms with Crippen LogP contribution in [0.2, 0.25) is 0 Å². The number of carbonyl (C=O) groups is 1. The second-order valence-corrected chi connectivity index (χ2v) is 5.89. The molecule has 2 heteroatoms. The topological polar surface area (TPSA) is 26.3 Å². The lowest BCUT2D eigenvalue weighted by Crippen LogP contribution is -2.17. The molecule has 0 aliphatic carbocycles. The zero-order valence-electron chi connectivity index (χ0n) is 14.1. The van der Waals surface area contributed by atoms with Gasteiger partial charge in [0.05, 0.1) is 12.5 Å². The molecule has 0 fully saturated rings. The SMILES string of the molecule is CCCCCCCCOC(=O)C(CC)CCCCCC. The average Bonchev–Trinajstić information content (AvgIpc) is 2.46. The molecule has 0 bridgehead atoms. The maximum absolute atomic E-state index is 12.0. The van der Waals surface area contributed by atoms with Crippen LogP contribution in [0, 0.1) is 5.92 Å². The molecule has 0 amide bonds. The first-order chi connectivity index (χ1) is 9.76. The fourth-order valence-electron chi connectivity index (χ4n) is 2.48. The smallest absolute Gasteiger partial charge is 0.308 e. The number of carbonyl (C=O) groups excluding carboxylic acids is 1. The average molecular weight is 284 g/mol. The lowest BCUT2D eigenvalue weighted by Gasteiger charge is -2.14. The van der Waals surface area contributed by atoms with Crippen LogP contribution in [0.4, 0.5) is 0 Å². The molecule has 20 heavy (non-hydrogen) atoms. The Balaban J connectivity index is 3.55. The summed E-state index contributed by atoms with van der Waals surface area (Å²) in [6, 6.07) is 0. The first kappa shape index (κ1) is 19.5. The highest BCUT2D eigenvalue weighted by molar-refractivity contribution is 5.72. The van der Waals surface area contributed by atoms with Gasteiger partial charge in [-0.15, -0.1) is 0 Å². The van der Waals surface area contributed by atoms with Gasteiger partial charge in [-0.05, 0) is 19.3 Å². The third-order valence-corrected chi connectivity index (χ3v) is 3.97. The van der Waals surface area contributed by atoms with Crippen LogP contribution in [-0.4, -0.2) is 12.6 Å². The summed E-state index contributed by atoms with van der Waals surface area (Å²) in [7, 11) is 0. The van der Waals surface area contributed by atoms with Crippen molar-refractivity contribution in [2.45, 2.75) is 97.8 Å². The molecular formula is C18H36O2. The number of esters is 1. The van der Waals surface area contributed by atoms with E-state index in [1.165, 1.54) is 57.8 Å². The Labute approximate surface area is 126 Å². The molecule has 0 aliphatic rings. The third kappa shape index (κ3) is 11.3. The zero-order valence-corrected chi connectivity index (χ0v) is 14.1. The summed E-state index contributed by atoms with van der Waals surface area (Å²) in [6.45, 7) is 7.16. The van der Waals surface area contributed by atoms with E-state index in [0.29, 0.717) is 6.61 Å². The van der Waals surface area contributed by atoms with Gasteiger partial charge in [-0.25, -0.2) is 0 Å². The fraction of sp³-hybridized carbons (Fsp3) is 0.944. The summed E-state index contributed by atoms with van der Waals surface area (Å²) in [5.74, 6) is 0.171. The van der Waals surface area contributed by atoms with Crippen LogP contribution in [0.5, 0.6) is 0 Å². The monoisotopic (exact) mass is 284 g/mol. The van der Waals surface area contributed by atoms with Crippen molar-refractivity contribution >= 4 is 5.97 Å². The minimum atomic E-state index is 0.0394. The maximum atomic E-state index is 12.0. The molecule has 0 saturated heterocycles. The van der Waals surface area contributed by atoms with Gasteiger partial charge in [0.15, 0.2) is 0 Å². The van der Waals surface area contributed by atoms with Crippen molar-refractivity contribution in [2.24, 2.45) is 5.92 Å². The Morgan fingerprint density at radius 3 is 1.95 bits per heavy atom. The van der Waals surface area contributed by atoms with Gasteiger partial charge >= 0.3 is 5.97 Å². The van der Waals surface area contributed by atoms with E-state index in [1.807, 2.05) is 0 Å². The second kappa shape index (κ2) is 14.9. The lowest BCUT2D eigenvalue weighted by molar-refractivity contribution is -0.149. The largest absolute Gasteiger partial charge is 0.465 e. The molecule has 2 nitrogen and oxygen atoms in total. The van der Waals surface area contributed by atoms with Gasteiger partial charge in [0.2, 0.25) is 0 Å². The van der Waals surface area contributed by atoms with Crippen molar-refractivity contribution in [3.8, 4) is 0 Å². The second-order valence-electron chi connectivity index (χ2n) is 5.89. The van der Waals surface area contributed by atoms with Crippen molar-refractivity contribution in [1.29, 1.82) is 0 Å². The van der Waals surface area contributed by atoms with Gasteiger partial charge < -0.3 is 4.74 Å². The Kier molecular flexibility index (Phi) is 14.5. The third-order valence-electron chi connectivity index (χ3n) is 3.97. The standard InChI is InChI=1S/C18H36O2/c1-4-7-9-11-12-14-16-20-18(19)17(6-3)15-13-10-8-5-2/h17H,4-16H2,1-3H3. The van der Waals surface area contributed by atoms with E-state index in [9.17, 15) is 4.79 Å². The molecule has 0 spiro atoms. The molecule has 0 radical (unpaired) electrons. The fourth-order valence-corrected chi connectivity index (χ4v) is 2.48. The highest BCUT2D eigenvalue weighted by atomic mass is 16.5. The van der Waals surface area contributed by atoms with E-state index in [0.717, 1.165) is 19.3 Å². The van der Waals surface area contributed by atoms with Crippen molar-refractivity contribution in [3.05, 3.63) is 0 Å². The van der Waals surface area contributed by atoms with E-state index in [1.54, 1.807) is 0 Å². The van der Waals surface area contributed by atoms with Crippen LogP contribution in [-0.2, 0) is 9.53 Å². The van der Waals surface area contributed by atoms with E-state index >= 15 is 0 Å². The maximum Gasteiger partial charge on any atom is 0.308 e. The summed E-state index contributed by atoms with van der Waals surface area (Å²) < 4.78 is 5.42. The Morgan fingerprint density at radius 2 is 1.35 bits per heavy atom. The molecule has 0 aliphatic heterocycles. The van der Waals surface area contributed by atoms with Gasteiger partial charge in [0, 0.05) is 0 Å². The highest BCUT2D eigenvalue weighted by Gasteiger charge is 2.17. The van der Waals surface area contributed by atoms with Crippen molar-refractivity contribution < 1.29 is 9.53 Å². The van der Waals surface area contributed by atoms with Gasteiger partial charge in [0.25, 0.3) is 0 Å². The minimum Gasteiger partial charge on any atom is -0.465 e. The van der Waals surface area contributed by atoms with Gasteiger partial charge in [-0.3, -0.25) is 4.79 Å². The van der Waals surface area contributed by atoms with Crippen LogP contribution >= 0.6 is 0 Å². The van der Waals surface area contributed by atoms with Crippen LogP contribution in [0.1, 0.15) is 97.8 Å². The molecule has 0 N–H and O–H groups in total. The summed E-state index contributed by atoms with van der Waals surface area (Å²) in [4.78, 5) is 12.0. The molecule has 1 atom stereocenters. The van der Waals surface area contributed by atoms with Crippen molar-refractivity contribution in [2.75, 3.05) is 6.61 Å². The molecule has 0 saturated carbocycles. The van der Waals surface area contributed by atoms with Crippen LogP contribution in [0.25, 0.3) is 0 Å². The van der Waals surface area contributed by atoms with Crippen molar-refractivity contribution in [1.82, 2.24) is 0 Å². The summed E-state index contributed by atoms with van der Waals surface area (Å²) in [6.07, 6.45) is 14.3. The molecular weight excluding hydrogens is 248 g/mol. The van der Waals surface area contributed by atoms with Gasteiger partial charge in [-0.2, -0.15) is 0 Å². The molecule has 0 heterocycles. The lowest BCUT2D eigenvalue weighted by atomic mass is 9.98. The number of ether oxygens (including phenoxy) is 1. The van der Waals surface area contributed by atoms with E-state index in [-0.39, 0.29) is 11.9 Å². The Bertz CT molecular complexity index is 213. The molecule has 0 aromatic heterocycles. The molecule has 0 aromatic rings. The minimum absolute atomic E-state index is 0.0394. The van der Waals surface area contributed by atoms with E-state index in [2.05, 4.69) is 20.8 Å². The number of hydrogen-bond donors (Lipinski definition) is 0. The zero-order chi connectivity index (χ0) is 15.1. The number of unbranched alkanes of at least 4 members (excludes halogenated alkanes) is 8. The number of rotatable bonds is 14. The molecule has 1 unspecified atom stereocenters. The van der Waals surface area contributed by atoms with E-state index in [4.69, 9.17) is 4.74 Å². The Hall–Kier alpha value is -0.530. The first-order valence-corrected chi connectivity index (χ1v) is 8.92. The summed E-state index contributed by atoms with van der Waals surface area (Å²) >= 11 is 0. The number of hydrogen-bond acceptors (Lipinski definition) is 2. The Morgan fingerprint density at radius 1 is 0.800 bits per heavy atom. The van der Waals surface area contributed by atoms with Crippen LogP contribution in [0.15, 0.2) is 0 Å². The van der Waals surface area contributed by atoms with Crippen LogP contribution in [0.3, 0.4) is 0 Å². The molecule has 120 valence electrons. The normalized spacial score (nSPS) is 12.3. The predicted molar refractivity (Wildman–Crippen MR) is 86.9 cm³/mol. The molecule has 0 rings (SSSR count). The van der Waals surface area contributed by atoms with Crippen molar-refractivity contribution in [3.63, 3.8) is 0 Å². The van der Waals surface area contributed by atoms with Crippen LogP contribution < -0.4 is 0 Å². The predicted octanol–water partition coefficient (Wildman–Crippen LogP) is 5.89. The quantitative estimate of drug-likeness (QED) is 0.294. The summed E-state index contributed by atoms with van der Waals surface area (Å²) in [5, 5.41) is 0. The first-order valence-electron chi connectivity index (χ1n) is 8.92. The van der Waals surface area contributed by atoms with E-state index < -0.39 is 0 Å².